The highest BCUT2D eigenvalue weighted by Gasteiger charge is 2.23. The maximum atomic E-state index is 12.2. The topological polar surface area (TPSA) is 127 Å². The third-order valence-corrected chi connectivity index (χ3v) is 4.56. The number of carbonyl (C=O) groups excluding carboxylic acids is 4. The van der Waals surface area contributed by atoms with Gasteiger partial charge in [-0.15, -0.1) is 0 Å². The fourth-order valence-corrected chi connectivity index (χ4v) is 2.99. The van der Waals surface area contributed by atoms with Gasteiger partial charge in [0.15, 0.2) is 6.61 Å². The predicted molar refractivity (Wildman–Crippen MR) is 109 cm³/mol. The van der Waals surface area contributed by atoms with Crippen LogP contribution >= 0.6 is 0 Å². The molecule has 0 unspecified atom stereocenters. The minimum Gasteiger partial charge on any atom is -0.465 e. The second-order valence-electron chi connectivity index (χ2n) is 6.78. The van der Waals surface area contributed by atoms with Crippen LogP contribution in [0.5, 0.6) is 0 Å². The maximum absolute atomic E-state index is 12.2. The summed E-state index contributed by atoms with van der Waals surface area (Å²) >= 11 is 0. The predicted octanol–water partition coefficient (Wildman–Crippen LogP) is 1.95. The number of rotatable bonds is 7. The fraction of sp³-hybridized carbons (Fsp3) is 0.333. The second-order valence-corrected chi connectivity index (χ2v) is 6.78. The summed E-state index contributed by atoms with van der Waals surface area (Å²) in [5, 5.41) is 5.14. The van der Waals surface area contributed by atoms with E-state index >= 15 is 0 Å². The number of anilines is 1. The Morgan fingerprint density at radius 1 is 0.967 bits per heavy atom. The summed E-state index contributed by atoms with van der Waals surface area (Å²) in [4.78, 5) is 50.8. The Morgan fingerprint density at radius 2 is 1.60 bits per heavy atom. The smallest absolute Gasteiger partial charge is 0.355 e. The van der Waals surface area contributed by atoms with Crippen LogP contribution in [-0.2, 0) is 19.1 Å². The summed E-state index contributed by atoms with van der Waals surface area (Å²) in [6.45, 7) is 6.10. The summed E-state index contributed by atoms with van der Waals surface area (Å²) in [6.07, 6.45) is 0. The molecule has 160 valence electrons. The second kappa shape index (κ2) is 9.73. The molecule has 0 aliphatic carbocycles. The number of esters is 2. The van der Waals surface area contributed by atoms with Crippen molar-refractivity contribution in [3.63, 3.8) is 0 Å². The Balaban J connectivity index is 1.87. The highest BCUT2D eigenvalue weighted by atomic mass is 16.5. The highest BCUT2D eigenvalue weighted by molar-refractivity contribution is 5.99. The molecule has 0 radical (unpaired) electrons. The number of carbonyl (C=O) groups is 4. The number of aryl methyl sites for hydroxylation is 3. The third kappa shape index (κ3) is 5.25. The van der Waals surface area contributed by atoms with E-state index in [0.29, 0.717) is 16.9 Å². The van der Waals surface area contributed by atoms with Gasteiger partial charge in [-0.05, 0) is 44.4 Å². The zero-order chi connectivity index (χ0) is 22.4. The molecule has 3 N–H and O–H groups in total. The molecular weight excluding hydrogens is 390 g/mol. The summed E-state index contributed by atoms with van der Waals surface area (Å²) in [5.74, 6) is -2.39. The molecule has 0 aliphatic heterocycles. The normalized spacial score (nSPS) is 10.3. The number of amides is 2. The summed E-state index contributed by atoms with van der Waals surface area (Å²) < 4.78 is 9.66. The van der Waals surface area contributed by atoms with Crippen LogP contribution in [0.2, 0.25) is 0 Å². The van der Waals surface area contributed by atoms with Gasteiger partial charge in [0.2, 0.25) is 5.91 Å². The van der Waals surface area contributed by atoms with Gasteiger partial charge in [-0.3, -0.25) is 9.59 Å². The lowest BCUT2D eigenvalue weighted by molar-refractivity contribution is -0.126. The largest absolute Gasteiger partial charge is 0.465 e. The number of aromatic amines is 1. The van der Waals surface area contributed by atoms with Gasteiger partial charge in [0.05, 0.1) is 19.2 Å². The lowest BCUT2D eigenvalue weighted by atomic mass is 10.1. The molecule has 2 aromatic rings. The molecular formula is C21H25N3O6. The number of benzene rings is 1. The maximum Gasteiger partial charge on any atom is 0.355 e. The lowest BCUT2D eigenvalue weighted by Crippen LogP contribution is -2.35. The quantitative estimate of drug-likeness (QED) is 0.593. The van der Waals surface area contributed by atoms with Crippen molar-refractivity contribution in [2.24, 2.45) is 0 Å². The van der Waals surface area contributed by atoms with Crippen molar-refractivity contribution in [3.05, 3.63) is 51.8 Å². The van der Waals surface area contributed by atoms with E-state index in [0.717, 1.165) is 11.1 Å². The van der Waals surface area contributed by atoms with Gasteiger partial charge in [0.25, 0.3) is 5.91 Å². The van der Waals surface area contributed by atoms with Crippen LogP contribution in [0, 0.1) is 27.7 Å². The molecule has 1 aromatic carbocycles. The van der Waals surface area contributed by atoms with E-state index in [1.807, 2.05) is 32.0 Å². The van der Waals surface area contributed by atoms with Gasteiger partial charge in [0.1, 0.15) is 5.69 Å². The van der Waals surface area contributed by atoms with E-state index in [2.05, 4.69) is 20.4 Å². The monoisotopic (exact) mass is 415 g/mol. The Morgan fingerprint density at radius 3 is 2.20 bits per heavy atom. The first kappa shape index (κ1) is 22.7. The summed E-state index contributed by atoms with van der Waals surface area (Å²) in [7, 11) is 1.24. The molecule has 0 spiro atoms. The standard InChI is InChI=1S/C21H25N3O6/c1-11-7-6-8-12(2)18(11)24-15(25)9-22-16(26)10-30-21(28)19-13(3)17(14(4)23-19)20(27)29-5/h6-8,23H,9-10H2,1-5H3,(H,22,26)(H,24,25). The summed E-state index contributed by atoms with van der Waals surface area (Å²) in [5.41, 5.74) is 3.66. The third-order valence-electron chi connectivity index (χ3n) is 4.56. The molecule has 1 aromatic heterocycles. The highest BCUT2D eigenvalue weighted by Crippen LogP contribution is 2.20. The van der Waals surface area contributed by atoms with E-state index < -0.39 is 30.4 Å². The Hall–Kier alpha value is -3.62. The molecule has 0 fully saturated rings. The number of hydrogen-bond donors (Lipinski definition) is 3. The van der Waals surface area contributed by atoms with E-state index in [1.54, 1.807) is 13.8 Å². The summed E-state index contributed by atoms with van der Waals surface area (Å²) in [6, 6.07) is 5.63. The van der Waals surface area contributed by atoms with Crippen molar-refractivity contribution in [3.8, 4) is 0 Å². The Labute approximate surface area is 174 Å². The number of para-hydroxylation sites is 1. The van der Waals surface area contributed by atoms with Crippen molar-refractivity contribution in [2.45, 2.75) is 27.7 Å². The molecule has 30 heavy (non-hydrogen) atoms. The average Bonchev–Trinajstić information content (AvgIpc) is 3.01. The van der Waals surface area contributed by atoms with Crippen molar-refractivity contribution in [1.29, 1.82) is 0 Å². The minimum absolute atomic E-state index is 0.0634. The molecule has 2 amide bonds. The van der Waals surface area contributed by atoms with Gasteiger partial charge >= 0.3 is 11.9 Å². The average molecular weight is 415 g/mol. The molecule has 9 nitrogen and oxygen atoms in total. The van der Waals surface area contributed by atoms with Gasteiger partial charge in [-0.2, -0.15) is 0 Å². The van der Waals surface area contributed by atoms with E-state index in [-0.39, 0.29) is 17.8 Å². The molecule has 9 heteroatoms. The number of aromatic nitrogens is 1. The fourth-order valence-electron chi connectivity index (χ4n) is 2.99. The first-order chi connectivity index (χ1) is 14.1. The number of ether oxygens (including phenoxy) is 2. The molecule has 0 saturated heterocycles. The van der Waals surface area contributed by atoms with Gasteiger partial charge in [-0.1, -0.05) is 18.2 Å². The minimum atomic E-state index is -0.791. The molecule has 0 bridgehead atoms. The van der Waals surface area contributed by atoms with Gasteiger partial charge in [0, 0.05) is 11.4 Å². The van der Waals surface area contributed by atoms with Crippen LogP contribution in [0.4, 0.5) is 5.69 Å². The zero-order valence-electron chi connectivity index (χ0n) is 17.6. The number of methoxy groups -OCH3 is 1. The van der Waals surface area contributed by atoms with E-state index in [1.165, 1.54) is 7.11 Å². The van der Waals surface area contributed by atoms with E-state index in [9.17, 15) is 19.2 Å². The number of hydrogen-bond acceptors (Lipinski definition) is 6. The van der Waals surface area contributed by atoms with Crippen molar-refractivity contribution < 1.29 is 28.7 Å². The molecule has 1 heterocycles. The van der Waals surface area contributed by atoms with Crippen LogP contribution in [0.3, 0.4) is 0 Å². The molecule has 2 rings (SSSR count). The Kier molecular flexibility index (Phi) is 7.35. The Bertz CT molecular complexity index is 973. The van der Waals surface area contributed by atoms with Crippen LogP contribution in [0.15, 0.2) is 18.2 Å². The van der Waals surface area contributed by atoms with Gasteiger partial charge in [-0.25, -0.2) is 9.59 Å². The number of H-pyrrole nitrogens is 1. The van der Waals surface area contributed by atoms with Crippen LogP contribution in [-0.4, -0.2) is 49.0 Å². The first-order valence-corrected chi connectivity index (χ1v) is 9.23. The van der Waals surface area contributed by atoms with Crippen LogP contribution in [0.25, 0.3) is 0 Å². The van der Waals surface area contributed by atoms with Crippen molar-refractivity contribution >= 4 is 29.4 Å². The molecule has 0 saturated carbocycles. The SMILES string of the molecule is COC(=O)c1c(C)[nH]c(C(=O)OCC(=O)NCC(=O)Nc2c(C)cccc2C)c1C. The van der Waals surface area contributed by atoms with Crippen molar-refractivity contribution in [2.75, 3.05) is 25.6 Å². The van der Waals surface area contributed by atoms with Crippen molar-refractivity contribution in [1.82, 2.24) is 10.3 Å². The van der Waals surface area contributed by atoms with Gasteiger partial charge < -0.3 is 25.1 Å². The van der Waals surface area contributed by atoms with E-state index in [4.69, 9.17) is 4.74 Å². The first-order valence-electron chi connectivity index (χ1n) is 9.23. The molecule has 0 aliphatic rings. The zero-order valence-corrected chi connectivity index (χ0v) is 17.6. The molecule has 0 atom stereocenters. The van der Waals surface area contributed by atoms with Crippen LogP contribution < -0.4 is 10.6 Å². The lowest BCUT2D eigenvalue weighted by Gasteiger charge is -2.12. The number of nitrogens with one attached hydrogen (secondary N) is 3. The van der Waals surface area contributed by atoms with Crippen LogP contribution in [0.1, 0.15) is 43.2 Å².